The molecule has 0 fully saturated rings. The van der Waals surface area contributed by atoms with E-state index in [1.54, 1.807) is 0 Å². The number of ether oxygens (including phenoxy) is 1. The molecule has 2 nitrogen and oxygen atoms in total. The third-order valence-electron chi connectivity index (χ3n) is 3.17. The van der Waals surface area contributed by atoms with E-state index in [1.165, 1.54) is 22.3 Å². The number of benzene rings is 2. The van der Waals surface area contributed by atoms with Gasteiger partial charge in [0.1, 0.15) is 12.4 Å². The van der Waals surface area contributed by atoms with Crippen LogP contribution in [0.2, 0.25) is 0 Å². The van der Waals surface area contributed by atoms with Gasteiger partial charge in [-0.1, -0.05) is 41.5 Å². The first kappa shape index (κ1) is 14.6. The molecule has 0 bridgehead atoms. The van der Waals surface area contributed by atoms with Crippen molar-refractivity contribution in [2.24, 2.45) is 5.73 Å². The summed E-state index contributed by atoms with van der Waals surface area (Å²) in [6, 6.07) is 14.9. The highest BCUT2D eigenvalue weighted by atomic mass is 16.5. The van der Waals surface area contributed by atoms with Crippen molar-refractivity contribution >= 4 is 0 Å². The predicted octanol–water partition coefficient (Wildman–Crippen LogP) is 3.77. The summed E-state index contributed by atoms with van der Waals surface area (Å²) in [6.45, 7) is 6.85. The molecule has 0 aliphatic rings. The molecule has 0 aliphatic carbocycles. The lowest BCUT2D eigenvalue weighted by molar-refractivity contribution is 0.306. The first-order valence-corrected chi connectivity index (χ1v) is 7.07. The van der Waals surface area contributed by atoms with Crippen LogP contribution in [0.25, 0.3) is 0 Å². The SMILES string of the molecule is Cc1cc(C)cc(COc2ccc(CC(C)N)cc2)c1. The number of aryl methyl sites for hydroxylation is 2. The van der Waals surface area contributed by atoms with Gasteiger partial charge in [0.15, 0.2) is 0 Å². The van der Waals surface area contributed by atoms with E-state index in [1.807, 2.05) is 19.1 Å². The molecule has 0 saturated carbocycles. The summed E-state index contributed by atoms with van der Waals surface area (Å²) in [6.07, 6.45) is 0.900. The van der Waals surface area contributed by atoms with Crippen molar-refractivity contribution < 1.29 is 4.74 Å². The minimum Gasteiger partial charge on any atom is -0.489 e. The Labute approximate surface area is 121 Å². The highest BCUT2D eigenvalue weighted by Gasteiger charge is 2.01. The maximum atomic E-state index is 5.83. The topological polar surface area (TPSA) is 35.2 Å². The van der Waals surface area contributed by atoms with Gasteiger partial charge in [0.05, 0.1) is 0 Å². The summed E-state index contributed by atoms with van der Waals surface area (Å²) in [7, 11) is 0. The van der Waals surface area contributed by atoms with Crippen molar-refractivity contribution in [3.63, 3.8) is 0 Å². The lowest BCUT2D eigenvalue weighted by atomic mass is 10.1. The van der Waals surface area contributed by atoms with E-state index in [9.17, 15) is 0 Å². The average molecular weight is 269 g/mol. The highest BCUT2D eigenvalue weighted by molar-refractivity contribution is 5.30. The zero-order valence-electron chi connectivity index (χ0n) is 12.5. The Balaban J connectivity index is 1.96. The molecule has 1 unspecified atom stereocenters. The number of rotatable bonds is 5. The third-order valence-corrected chi connectivity index (χ3v) is 3.17. The Bertz CT molecular complexity index is 538. The number of hydrogen-bond donors (Lipinski definition) is 1. The molecule has 106 valence electrons. The second-order valence-electron chi connectivity index (χ2n) is 5.61. The van der Waals surface area contributed by atoms with Gasteiger partial charge in [-0.2, -0.15) is 0 Å². The van der Waals surface area contributed by atoms with E-state index in [0.717, 1.165) is 12.2 Å². The molecule has 2 aromatic carbocycles. The van der Waals surface area contributed by atoms with Crippen LogP contribution in [0.5, 0.6) is 5.75 Å². The summed E-state index contributed by atoms with van der Waals surface area (Å²) in [4.78, 5) is 0. The van der Waals surface area contributed by atoms with E-state index < -0.39 is 0 Å². The van der Waals surface area contributed by atoms with Gasteiger partial charge in [-0.3, -0.25) is 0 Å². The van der Waals surface area contributed by atoms with Crippen LogP contribution in [-0.4, -0.2) is 6.04 Å². The molecule has 20 heavy (non-hydrogen) atoms. The molecule has 0 aliphatic heterocycles. The van der Waals surface area contributed by atoms with E-state index in [-0.39, 0.29) is 6.04 Å². The van der Waals surface area contributed by atoms with Crippen LogP contribution in [0.3, 0.4) is 0 Å². The van der Waals surface area contributed by atoms with Crippen molar-refractivity contribution in [3.05, 3.63) is 64.7 Å². The first-order chi connectivity index (χ1) is 9.52. The second-order valence-corrected chi connectivity index (χ2v) is 5.61. The molecule has 0 aromatic heterocycles. The second kappa shape index (κ2) is 6.58. The zero-order valence-corrected chi connectivity index (χ0v) is 12.5. The number of hydrogen-bond acceptors (Lipinski definition) is 2. The molecule has 0 spiro atoms. The Morgan fingerprint density at radius 1 is 0.950 bits per heavy atom. The summed E-state index contributed by atoms with van der Waals surface area (Å²) in [5.74, 6) is 0.901. The normalized spacial score (nSPS) is 12.2. The van der Waals surface area contributed by atoms with E-state index in [4.69, 9.17) is 10.5 Å². The smallest absolute Gasteiger partial charge is 0.119 e. The van der Waals surface area contributed by atoms with E-state index in [2.05, 4.69) is 44.2 Å². The summed E-state index contributed by atoms with van der Waals surface area (Å²) in [5.41, 5.74) is 10.8. The molecular formula is C18H23NO. The average Bonchev–Trinajstić information content (AvgIpc) is 2.36. The van der Waals surface area contributed by atoms with Gasteiger partial charge >= 0.3 is 0 Å². The number of nitrogens with two attached hydrogens (primary N) is 1. The quantitative estimate of drug-likeness (QED) is 0.896. The maximum Gasteiger partial charge on any atom is 0.119 e. The van der Waals surface area contributed by atoms with E-state index >= 15 is 0 Å². The van der Waals surface area contributed by atoms with E-state index in [0.29, 0.717) is 6.61 Å². The van der Waals surface area contributed by atoms with Gasteiger partial charge in [-0.15, -0.1) is 0 Å². The Hall–Kier alpha value is -1.80. The van der Waals surface area contributed by atoms with Crippen molar-refractivity contribution in [1.29, 1.82) is 0 Å². The Morgan fingerprint density at radius 3 is 2.10 bits per heavy atom. The monoisotopic (exact) mass is 269 g/mol. The largest absolute Gasteiger partial charge is 0.489 e. The standard InChI is InChI=1S/C18H23NO/c1-13-8-14(2)10-17(9-13)12-20-18-6-4-16(5-7-18)11-15(3)19/h4-10,15H,11-12,19H2,1-3H3. The van der Waals surface area contributed by atoms with Crippen molar-refractivity contribution in [1.82, 2.24) is 0 Å². The summed E-state index contributed by atoms with van der Waals surface area (Å²) in [5, 5.41) is 0. The molecule has 2 rings (SSSR count). The fraction of sp³-hybridized carbons (Fsp3) is 0.333. The molecule has 0 amide bonds. The molecule has 2 heteroatoms. The van der Waals surface area contributed by atoms with Crippen LogP contribution in [-0.2, 0) is 13.0 Å². The molecule has 0 radical (unpaired) electrons. The summed E-state index contributed by atoms with van der Waals surface area (Å²) < 4.78 is 5.83. The minimum atomic E-state index is 0.192. The predicted molar refractivity (Wildman–Crippen MR) is 84.0 cm³/mol. The molecule has 2 aromatic rings. The van der Waals surface area contributed by atoms with Crippen LogP contribution >= 0.6 is 0 Å². The molecular weight excluding hydrogens is 246 g/mol. The Morgan fingerprint density at radius 2 is 1.55 bits per heavy atom. The van der Waals surface area contributed by atoms with Crippen molar-refractivity contribution in [2.75, 3.05) is 0 Å². The van der Waals surface area contributed by atoms with Gasteiger partial charge < -0.3 is 10.5 Å². The fourth-order valence-electron chi connectivity index (χ4n) is 2.41. The lowest BCUT2D eigenvalue weighted by Gasteiger charge is -2.10. The first-order valence-electron chi connectivity index (χ1n) is 7.07. The van der Waals surface area contributed by atoms with Gasteiger partial charge in [-0.05, 0) is 50.5 Å². The highest BCUT2D eigenvalue weighted by Crippen LogP contribution is 2.16. The van der Waals surface area contributed by atoms with Crippen LogP contribution in [0.1, 0.15) is 29.2 Å². The van der Waals surface area contributed by atoms with Crippen molar-refractivity contribution in [3.8, 4) is 5.75 Å². The van der Waals surface area contributed by atoms with Gasteiger partial charge in [0, 0.05) is 6.04 Å². The lowest BCUT2D eigenvalue weighted by Crippen LogP contribution is -2.17. The van der Waals surface area contributed by atoms with Crippen LogP contribution in [0.15, 0.2) is 42.5 Å². The van der Waals surface area contributed by atoms with Crippen molar-refractivity contribution in [2.45, 2.75) is 39.8 Å². The van der Waals surface area contributed by atoms with Crippen LogP contribution < -0.4 is 10.5 Å². The fourth-order valence-corrected chi connectivity index (χ4v) is 2.41. The zero-order chi connectivity index (χ0) is 14.5. The molecule has 1 atom stereocenters. The minimum absolute atomic E-state index is 0.192. The van der Waals surface area contributed by atoms with Gasteiger partial charge in [-0.25, -0.2) is 0 Å². The third kappa shape index (κ3) is 4.39. The van der Waals surface area contributed by atoms with Crippen LogP contribution in [0, 0.1) is 13.8 Å². The maximum absolute atomic E-state index is 5.83. The van der Waals surface area contributed by atoms with Gasteiger partial charge in [0.2, 0.25) is 0 Å². The Kier molecular flexibility index (Phi) is 4.80. The van der Waals surface area contributed by atoms with Gasteiger partial charge in [0.25, 0.3) is 0 Å². The molecule has 2 N–H and O–H groups in total. The molecule has 0 saturated heterocycles. The summed E-state index contributed by atoms with van der Waals surface area (Å²) >= 11 is 0. The van der Waals surface area contributed by atoms with Crippen LogP contribution in [0.4, 0.5) is 0 Å². The molecule has 0 heterocycles.